The van der Waals surface area contributed by atoms with Crippen molar-refractivity contribution in [3.05, 3.63) is 57.6 Å². The molecule has 4 nitrogen and oxygen atoms in total. The number of benzene rings is 2. The van der Waals surface area contributed by atoms with Crippen LogP contribution in [0.15, 0.2) is 24.3 Å². The van der Waals surface area contributed by atoms with E-state index >= 15 is 0 Å². The number of ether oxygens (including phenoxy) is 4. The summed E-state index contributed by atoms with van der Waals surface area (Å²) < 4.78 is 24.4. The number of rotatable bonds is 19. The zero-order valence-electron chi connectivity index (χ0n) is 31.6. The van der Waals surface area contributed by atoms with E-state index in [-0.39, 0.29) is 21.7 Å². The van der Waals surface area contributed by atoms with E-state index in [9.17, 15) is 0 Å². The van der Waals surface area contributed by atoms with E-state index in [1.807, 2.05) is 0 Å². The minimum absolute atomic E-state index is 0.0150. The van der Waals surface area contributed by atoms with Gasteiger partial charge in [0, 0.05) is 35.1 Å². The molecule has 0 aromatic heterocycles. The van der Waals surface area contributed by atoms with E-state index in [1.54, 1.807) is 0 Å². The second kappa shape index (κ2) is 14.6. The first kappa shape index (κ1) is 36.8. The lowest BCUT2D eigenvalue weighted by Crippen LogP contribution is -2.24. The normalized spacial score (nSPS) is 18.5. The van der Waals surface area contributed by atoms with Gasteiger partial charge >= 0.3 is 0 Å². The Morgan fingerprint density at radius 3 is 1.00 bits per heavy atom. The SMILES string of the molecule is CCC(C)(C)c1cc(CCc2cc(C(C)(C)CC)c(OCCC3CO3)c(C(C)(C)CC)c2)cc(C(C)(C)CC)c1OCCC1CO1. The second-order valence-corrected chi connectivity index (χ2v) is 16.7. The van der Waals surface area contributed by atoms with Crippen molar-refractivity contribution in [3.8, 4) is 11.5 Å². The first-order chi connectivity index (χ1) is 21.6. The van der Waals surface area contributed by atoms with Gasteiger partial charge in [-0.15, -0.1) is 0 Å². The molecular weight excluding hydrogens is 568 g/mol. The van der Waals surface area contributed by atoms with Gasteiger partial charge in [-0.25, -0.2) is 0 Å². The lowest BCUT2D eigenvalue weighted by Gasteiger charge is -2.34. The Labute approximate surface area is 282 Å². The molecule has 2 aliphatic rings. The minimum Gasteiger partial charge on any atom is -0.493 e. The highest BCUT2D eigenvalue weighted by molar-refractivity contribution is 5.53. The molecule has 2 saturated heterocycles. The van der Waals surface area contributed by atoms with Crippen LogP contribution >= 0.6 is 0 Å². The summed E-state index contributed by atoms with van der Waals surface area (Å²) in [5.41, 5.74) is 8.28. The predicted octanol–water partition coefficient (Wildman–Crippen LogP) is 10.6. The zero-order chi connectivity index (χ0) is 33.9. The van der Waals surface area contributed by atoms with Crippen LogP contribution in [0.25, 0.3) is 0 Å². The third kappa shape index (κ3) is 8.90. The number of epoxide rings is 2. The van der Waals surface area contributed by atoms with Crippen molar-refractivity contribution in [2.45, 2.75) is 168 Å². The standard InChI is InChI=1S/C42H66O4/c1-13-39(5,6)33-23-29(24-34(40(7,8)14-2)37(33)43-21-19-31-27-45-31)17-18-30-25-35(41(9,10)15-3)38(44-22-20-32-28-46-32)36(26-30)42(11,12)16-4/h23-26,31-32H,13-22,27-28H2,1-12H3. The van der Waals surface area contributed by atoms with Crippen LogP contribution in [0.2, 0.25) is 0 Å². The Kier molecular flexibility index (Phi) is 11.7. The molecule has 0 spiro atoms. The van der Waals surface area contributed by atoms with Gasteiger partial charge in [-0.2, -0.15) is 0 Å². The van der Waals surface area contributed by atoms with Gasteiger partial charge < -0.3 is 18.9 Å². The fourth-order valence-corrected chi connectivity index (χ4v) is 6.09. The van der Waals surface area contributed by atoms with Gasteiger partial charge in [0.15, 0.2) is 0 Å². The van der Waals surface area contributed by atoms with E-state index < -0.39 is 0 Å². The van der Waals surface area contributed by atoms with Crippen molar-refractivity contribution >= 4 is 0 Å². The van der Waals surface area contributed by atoms with Crippen LogP contribution < -0.4 is 9.47 Å². The molecule has 258 valence electrons. The Hall–Kier alpha value is -2.04. The summed E-state index contributed by atoms with van der Waals surface area (Å²) in [7, 11) is 0. The van der Waals surface area contributed by atoms with Crippen LogP contribution in [0.4, 0.5) is 0 Å². The van der Waals surface area contributed by atoms with E-state index in [2.05, 4.69) is 107 Å². The molecule has 0 aliphatic carbocycles. The molecule has 4 rings (SSSR count). The van der Waals surface area contributed by atoms with Gasteiger partial charge in [0.2, 0.25) is 0 Å². The summed E-state index contributed by atoms with van der Waals surface area (Å²) in [4.78, 5) is 0. The quantitative estimate of drug-likeness (QED) is 0.144. The Morgan fingerprint density at radius 1 is 0.522 bits per heavy atom. The summed E-state index contributed by atoms with van der Waals surface area (Å²) in [5.74, 6) is 2.22. The smallest absolute Gasteiger partial charge is 0.126 e. The van der Waals surface area contributed by atoms with Crippen molar-refractivity contribution < 1.29 is 18.9 Å². The summed E-state index contributed by atoms with van der Waals surface area (Å²) in [5, 5.41) is 0. The zero-order valence-corrected chi connectivity index (χ0v) is 31.6. The van der Waals surface area contributed by atoms with Crippen molar-refractivity contribution in [2.75, 3.05) is 26.4 Å². The van der Waals surface area contributed by atoms with Crippen molar-refractivity contribution in [3.63, 3.8) is 0 Å². The van der Waals surface area contributed by atoms with Gasteiger partial charge in [-0.3, -0.25) is 0 Å². The van der Waals surface area contributed by atoms with Crippen molar-refractivity contribution in [2.24, 2.45) is 0 Å². The van der Waals surface area contributed by atoms with Gasteiger partial charge in [-0.05, 0) is 71.3 Å². The van der Waals surface area contributed by atoms with Gasteiger partial charge in [0.05, 0.1) is 38.6 Å². The fraction of sp³-hybridized carbons (Fsp3) is 0.714. The molecule has 2 fully saturated rings. The van der Waals surface area contributed by atoms with Crippen LogP contribution in [0.3, 0.4) is 0 Å². The first-order valence-electron chi connectivity index (χ1n) is 18.4. The van der Waals surface area contributed by atoms with Gasteiger partial charge in [0.25, 0.3) is 0 Å². The average Bonchev–Trinajstić information content (AvgIpc) is 3.97. The van der Waals surface area contributed by atoms with Gasteiger partial charge in [0.1, 0.15) is 11.5 Å². The summed E-state index contributed by atoms with van der Waals surface area (Å²) >= 11 is 0. The van der Waals surface area contributed by atoms with Crippen LogP contribution in [-0.4, -0.2) is 38.6 Å². The number of hydrogen-bond donors (Lipinski definition) is 0. The van der Waals surface area contributed by atoms with Crippen LogP contribution in [0.1, 0.15) is 155 Å². The van der Waals surface area contributed by atoms with E-state index in [1.165, 1.54) is 33.4 Å². The molecule has 2 aromatic carbocycles. The number of aryl methyl sites for hydroxylation is 2. The van der Waals surface area contributed by atoms with Crippen molar-refractivity contribution in [1.29, 1.82) is 0 Å². The number of hydrogen-bond acceptors (Lipinski definition) is 4. The lowest BCUT2D eigenvalue weighted by molar-refractivity contribution is 0.268. The predicted molar refractivity (Wildman–Crippen MR) is 193 cm³/mol. The molecule has 2 aliphatic heterocycles. The first-order valence-corrected chi connectivity index (χ1v) is 18.4. The maximum absolute atomic E-state index is 6.71. The Bertz CT molecular complexity index is 1130. The molecule has 2 atom stereocenters. The molecule has 0 radical (unpaired) electrons. The molecule has 2 unspecified atom stereocenters. The monoisotopic (exact) mass is 634 g/mol. The highest BCUT2D eigenvalue weighted by Gasteiger charge is 2.34. The Balaban J connectivity index is 1.75. The van der Waals surface area contributed by atoms with E-state index in [4.69, 9.17) is 18.9 Å². The van der Waals surface area contributed by atoms with E-state index in [0.29, 0.717) is 25.4 Å². The maximum atomic E-state index is 6.71. The largest absolute Gasteiger partial charge is 0.493 e. The summed E-state index contributed by atoms with van der Waals surface area (Å²) in [6.07, 6.45) is 8.89. The molecule has 2 aromatic rings. The highest BCUT2D eigenvalue weighted by Crippen LogP contribution is 2.45. The van der Waals surface area contributed by atoms with Crippen molar-refractivity contribution in [1.82, 2.24) is 0 Å². The lowest BCUT2D eigenvalue weighted by atomic mass is 9.73. The molecular formula is C42H66O4. The molecule has 46 heavy (non-hydrogen) atoms. The van der Waals surface area contributed by atoms with E-state index in [0.717, 1.165) is 76.1 Å². The maximum Gasteiger partial charge on any atom is 0.126 e. The molecule has 2 heterocycles. The van der Waals surface area contributed by atoms with Gasteiger partial charge in [-0.1, -0.05) is 107 Å². The molecule has 0 amide bonds. The molecule has 4 heteroatoms. The van der Waals surface area contributed by atoms with Crippen LogP contribution in [0, 0.1) is 0 Å². The molecule has 0 saturated carbocycles. The minimum atomic E-state index is 0.0150. The summed E-state index contributed by atoms with van der Waals surface area (Å²) in [6.45, 7) is 31.3. The second-order valence-electron chi connectivity index (χ2n) is 16.7. The third-order valence-electron chi connectivity index (χ3n) is 11.6. The fourth-order valence-electron chi connectivity index (χ4n) is 6.09. The molecule has 0 N–H and O–H groups in total. The topological polar surface area (TPSA) is 43.5 Å². The average molecular weight is 635 g/mol. The molecule has 0 bridgehead atoms. The third-order valence-corrected chi connectivity index (χ3v) is 11.6. The van der Waals surface area contributed by atoms with Crippen LogP contribution in [0.5, 0.6) is 11.5 Å². The summed E-state index contributed by atoms with van der Waals surface area (Å²) in [6, 6.07) is 9.86. The van der Waals surface area contributed by atoms with Crippen LogP contribution in [-0.2, 0) is 44.0 Å². The highest BCUT2D eigenvalue weighted by atomic mass is 16.6. The Morgan fingerprint density at radius 2 is 0.783 bits per heavy atom.